The summed E-state index contributed by atoms with van der Waals surface area (Å²) < 4.78 is 31.7. The molecule has 1 aromatic carbocycles. The molecule has 0 aromatic heterocycles. The Bertz CT molecular complexity index is 489. The van der Waals surface area contributed by atoms with Crippen molar-refractivity contribution in [2.75, 3.05) is 6.61 Å². The molecule has 1 aromatic rings. The van der Waals surface area contributed by atoms with Gasteiger partial charge in [0, 0.05) is 11.1 Å². The van der Waals surface area contributed by atoms with Gasteiger partial charge in [0.2, 0.25) is 0 Å². The van der Waals surface area contributed by atoms with Gasteiger partial charge < -0.3 is 9.84 Å². The fourth-order valence-corrected chi connectivity index (χ4v) is 1.19. The summed E-state index contributed by atoms with van der Waals surface area (Å²) in [5.41, 5.74) is 0.0736. The standard InChI is InChI=1S/C12H9ClF2O3/c1-7(13)6-18-12-9(14)4-8(5-10(12)15)2-3-11(16)17/h2-5H,1,6H2,(H,16,17). The molecule has 0 amide bonds. The van der Waals surface area contributed by atoms with Gasteiger partial charge in [0.15, 0.2) is 17.4 Å². The molecule has 0 fully saturated rings. The van der Waals surface area contributed by atoms with Crippen LogP contribution in [0.25, 0.3) is 6.08 Å². The predicted octanol–water partition coefficient (Wildman–Crippen LogP) is 3.19. The van der Waals surface area contributed by atoms with Gasteiger partial charge in [-0.2, -0.15) is 0 Å². The third-order valence-corrected chi connectivity index (χ3v) is 1.92. The third-order valence-electron chi connectivity index (χ3n) is 1.81. The number of hydrogen-bond acceptors (Lipinski definition) is 2. The van der Waals surface area contributed by atoms with Crippen LogP contribution in [0.1, 0.15) is 5.56 Å². The minimum absolute atomic E-state index is 0.0736. The number of aliphatic carboxylic acids is 1. The summed E-state index contributed by atoms with van der Waals surface area (Å²) in [4.78, 5) is 10.3. The number of halogens is 3. The molecule has 0 aliphatic rings. The molecule has 1 N–H and O–H groups in total. The Morgan fingerprint density at radius 1 is 1.44 bits per heavy atom. The lowest BCUT2D eigenvalue weighted by Gasteiger charge is -2.08. The summed E-state index contributed by atoms with van der Waals surface area (Å²) in [5, 5.41) is 8.49. The van der Waals surface area contributed by atoms with Crippen molar-refractivity contribution in [1.29, 1.82) is 0 Å². The van der Waals surface area contributed by atoms with Crippen LogP contribution in [0.15, 0.2) is 29.8 Å². The van der Waals surface area contributed by atoms with Crippen LogP contribution in [0.5, 0.6) is 5.75 Å². The number of rotatable bonds is 5. The van der Waals surface area contributed by atoms with E-state index in [-0.39, 0.29) is 17.2 Å². The largest absolute Gasteiger partial charge is 0.482 e. The maximum absolute atomic E-state index is 13.5. The van der Waals surface area contributed by atoms with Crippen molar-refractivity contribution in [3.8, 4) is 5.75 Å². The smallest absolute Gasteiger partial charge is 0.328 e. The lowest BCUT2D eigenvalue weighted by atomic mass is 10.2. The molecule has 3 nitrogen and oxygen atoms in total. The molecule has 0 unspecified atom stereocenters. The predicted molar refractivity (Wildman–Crippen MR) is 63.5 cm³/mol. The van der Waals surface area contributed by atoms with E-state index in [9.17, 15) is 13.6 Å². The maximum Gasteiger partial charge on any atom is 0.328 e. The van der Waals surface area contributed by atoms with Gasteiger partial charge in [-0.3, -0.25) is 0 Å². The van der Waals surface area contributed by atoms with E-state index in [1.54, 1.807) is 0 Å². The van der Waals surface area contributed by atoms with Gasteiger partial charge >= 0.3 is 5.97 Å². The first-order chi connectivity index (χ1) is 8.40. The molecule has 6 heteroatoms. The zero-order valence-corrected chi connectivity index (χ0v) is 9.88. The normalized spacial score (nSPS) is 10.6. The fraction of sp³-hybridized carbons (Fsp3) is 0.0833. The van der Waals surface area contributed by atoms with E-state index in [1.807, 2.05) is 0 Å². The zero-order valence-electron chi connectivity index (χ0n) is 9.12. The van der Waals surface area contributed by atoms with Crippen LogP contribution in [0.3, 0.4) is 0 Å². The van der Waals surface area contributed by atoms with Crippen LogP contribution in [0.4, 0.5) is 8.78 Å². The van der Waals surface area contributed by atoms with E-state index < -0.39 is 23.4 Å². The Kier molecular flexibility index (Phi) is 4.85. The van der Waals surface area contributed by atoms with Gasteiger partial charge in [-0.15, -0.1) is 0 Å². The Hall–Kier alpha value is -1.88. The molecule has 0 heterocycles. The molecule has 1 rings (SSSR count). The van der Waals surface area contributed by atoms with Gasteiger partial charge in [0.05, 0.1) is 0 Å². The molecule has 96 valence electrons. The number of carboxylic acid groups (broad SMARTS) is 1. The first kappa shape index (κ1) is 14.2. The van der Waals surface area contributed by atoms with E-state index in [0.29, 0.717) is 0 Å². The van der Waals surface area contributed by atoms with Gasteiger partial charge in [-0.05, 0) is 23.8 Å². The van der Waals surface area contributed by atoms with Crippen molar-refractivity contribution in [2.24, 2.45) is 0 Å². The van der Waals surface area contributed by atoms with Crippen LogP contribution in [0, 0.1) is 11.6 Å². The number of carbonyl (C=O) groups is 1. The van der Waals surface area contributed by atoms with E-state index in [0.717, 1.165) is 24.3 Å². The van der Waals surface area contributed by atoms with Gasteiger partial charge in [0.1, 0.15) is 6.61 Å². The topological polar surface area (TPSA) is 46.5 Å². The SMILES string of the molecule is C=C(Cl)COc1c(F)cc(C=CC(=O)O)cc1F. The second-order valence-electron chi connectivity index (χ2n) is 3.29. The van der Waals surface area contributed by atoms with E-state index in [2.05, 4.69) is 6.58 Å². The number of carboxylic acids is 1. The van der Waals surface area contributed by atoms with Crippen molar-refractivity contribution in [3.63, 3.8) is 0 Å². The molecule has 18 heavy (non-hydrogen) atoms. The summed E-state index contributed by atoms with van der Waals surface area (Å²) in [6, 6.07) is 1.91. The Balaban J connectivity index is 2.97. The highest BCUT2D eigenvalue weighted by Gasteiger charge is 2.12. The molecule has 0 radical (unpaired) electrons. The summed E-state index contributed by atoms with van der Waals surface area (Å²) in [7, 11) is 0. The zero-order chi connectivity index (χ0) is 13.7. The van der Waals surface area contributed by atoms with Crippen molar-refractivity contribution < 1.29 is 23.4 Å². The van der Waals surface area contributed by atoms with Crippen LogP contribution in [-0.2, 0) is 4.79 Å². The minimum atomic E-state index is -1.21. The van der Waals surface area contributed by atoms with E-state index in [4.69, 9.17) is 21.4 Å². The Morgan fingerprint density at radius 2 is 2.00 bits per heavy atom. The second-order valence-corrected chi connectivity index (χ2v) is 3.83. The highest BCUT2D eigenvalue weighted by Crippen LogP contribution is 2.24. The molecular formula is C12H9ClF2O3. The third kappa shape index (κ3) is 4.18. The van der Waals surface area contributed by atoms with Crippen LogP contribution in [-0.4, -0.2) is 17.7 Å². The molecule has 0 atom stereocenters. The number of benzene rings is 1. The number of hydrogen-bond donors (Lipinski definition) is 1. The highest BCUT2D eigenvalue weighted by molar-refractivity contribution is 6.29. The summed E-state index contributed by atoms with van der Waals surface area (Å²) in [5.74, 6) is -3.69. The van der Waals surface area contributed by atoms with E-state index >= 15 is 0 Å². The first-order valence-corrected chi connectivity index (χ1v) is 5.14. The molecule has 0 saturated carbocycles. The monoisotopic (exact) mass is 274 g/mol. The molecular weight excluding hydrogens is 266 g/mol. The van der Waals surface area contributed by atoms with Gasteiger partial charge in [-0.1, -0.05) is 18.2 Å². The molecule has 0 aliphatic heterocycles. The summed E-state index contributed by atoms with van der Waals surface area (Å²) in [6.07, 6.45) is 1.84. The molecule has 0 bridgehead atoms. The lowest BCUT2D eigenvalue weighted by molar-refractivity contribution is -0.131. The first-order valence-electron chi connectivity index (χ1n) is 4.76. The van der Waals surface area contributed by atoms with Crippen LogP contribution < -0.4 is 4.74 Å². The summed E-state index contributed by atoms with van der Waals surface area (Å²) in [6.45, 7) is 3.09. The second kappa shape index (κ2) is 6.16. The summed E-state index contributed by atoms with van der Waals surface area (Å²) >= 11 is 5.41. The molecule has 0 spiro atoms. The quantitative estimate of drug-likeness (QED) is 0.839. The average molecular weight is 275 g/mol. The van der Waals surface area contributed by atoms with Crippen molar-refractivity contribution >= 4 is 23.6 Å². The maximum atomic E-state index is 13.5. The highest BCUT2D eigenvalue weighted by atomic mass is 35.5. The van der Waals surface area contributed by atoms with Crippen molar-refractivity contribution in [3.05, 3.63) is 47.0 Å². The number of ether oxygens (including phenoxy) is 1. The minimum Gasteiger partial charge on any atom is -0.482 e. The van der Waals surface area contributed by atoms with Crippen LogP contribution in [0.2, 0.25) is 0 Å². The average Bonchev–Trinajstić information content (AvgIpc) is 2.24. The van der Waals surface area contributed by atoms with Crippen molar-refractivity contribution in [1.82, 2.24) is 0 Å². The van der Waals surface area contributed by atoms with Gasteiger partial charge in [-0.25, -0.2) is 13.6 Å². The lowest BCUT2D eigenvalue weighted by Crippen LogP contribution is -2.01. The Labute approximate surface area is 107 Å². The van der Waals surface area contributed by atoms with E-state index in [1.165, 1.54) is 0 Å². The van der Waals surface area contributed by atoms with Gasteiger partial charge in [0.25, 0.3) is 0 Å². The molecule has 0 aliphatic carbocycles. The Morgan fingerprint density at radius 3 is 2.44 bits per heavy atom. The van der Waals surface area contributed by atoms with Crippen molar-refractivity contribution in [2.45, 2.75) is 0 Å². The molecule has 0 saturated heterocycles. The fourth-order valence-electron chi connectivity index (χ4n) is 1.13. The van der Waals surface area contributed by atoms with Crippen LogP contribution >= 0.6 is 11.6 Å².